The SMILES string of the molecule is O=C(NCCCc1ccccc1)[C@@H]1CCCN(c2c(-c3ccccc3)c3cc(Cl)ccc3[nH]c2=O)C1. The number of aromatic amines is 1. The van der Waals surface area contributed by atoms with Gasteiger partial charge in [0.05, 0.1) is 5.92 Å². The van der Waals surface area contributed by atoms with Crippen molar-refractivity contribution in [3.05, 3.63) is 99.8 Å². The molecule has 0 radical (unpaired) electrons. The molecular formula is C30H30ClN3O2. The second kappa shape index (κ2) is 11.0. The Morgan fingerprint density at radius 1 is 1.03 bits per heavy atom. The maximum Gasteiger partial charge on any atom is 0.272 e. The number of amides is 1. The molecule has 5 nitrogen and oxygen atoms in total. The number of H-pyrrole nitrogens is 1. The molecule has 2 N–H and O–H groups in total. The van der Waals surface area contributed by atoms with Gasteiger partial charge in [-0.25, -0.2) is 0 Å². The molecular weight excluding hydrogens is 470 g/mol. The molecule has 4 aromatic rings. The van der Waals surface area contributed by atoms with Crippen LogP contribution in [0.3, 0.4) is 0 Å². The van der Waals surface area contributed by atoms with Gasteiger partial charge in [0.1, 0.15) is 5.69 Å². The summed E-state index contributed by atoms with van der Waals surface area (Å²) in [6.45, 7) is 1.89. The molecule has 0 saturated carbocycles. The summed E-state index contributed by atoms with van der Waals surface area (Å²) in [5.41, 5.74) is 4.31. The predicted molar refractivity (Wildman–Crippen MR) is 148 cm³/mol. The molecule has 1 atom stereocenters. The molecule has 184 valence electrons. The number of hydrogen-bond acceptors (Lipinski definition) is 3. The smallest absolute Gasteiger partial charge is 0.272 e. The highest BCUT2D eigenvalue weighted by Crippen LogP contribution is 2.37. The van der Waals surface area contributed by atoms with Crippen molar-refractivity contribution < 1.29 is 4.79 Å². The van der Waals surface area contributed by atoms with Crippen molar-refractivity contribution in [1.82, 2.24) is 10.3 Å². The molecule has 0 unspecified atom stereocenters. The maximum absolute atomic E-state index is 13.4. The molecule has 1 amide bonds. The third kappa shape index (κ3) is 5.31. The fourth-order valence-corrected chi connectivity index (χ4v) is 5.31. The van der Waals surface area contributed by atoms with E-state index in [4.69, 9.17) is 11.6 Å². The number of carbonyl (C=O) groups is 1. The molecule has 1 saturated heterocycles. The minimum Gasteiger partial charge on any atom is -0.366 e. The Bertz CT molecular complexity index is 1400. The summed E-state index contributed by atoms with van der Waals surface area (Å²) in [4.78, 5) is 31.6. The minimum absolute atomic E-state index is 0.0642. The van der Waals surface area contributed by atoms with Crippen LogP contribution in [0.2, 0.25) is 5.02 Å². The van der Waals surface area contributed by atoms with Crippen LogP contribution in [0.1, 0.15) is 24.8 Å². The average molecular weight is 500 g/mol. The van der Waals surface area contributed by atoms with E-state index in [2.05, 4.69) is 27.3 Å². The average Bonchev–Trinajstić information content (AvgIpc) is 2.91. The number of anilines is 1. The third-order valence-corrected chi connectivity index (χ3v) is 7.14. The Hall–Kier alpha value is -3.57. The Kier molecular flexibility index (Phi) is 7.38. The Morgan fingerprint density at radius 2 is 1.78 bits per heavy atom. The molecule has 1 aliphatic rings. The molecule has 3 aromatic carbocycles. The fraction of sp³-hybridized carbons (Fsp3) is 0.267. The molecule has 0 bridgehead atoms. The van der Waals surface area contributed by atoms with E-state index < -0.39 is 0 Å². The van der Waals surface area contributed by atoms with Gasteiger partial charge < -0.3 is 15.2 Å². The van der Waals surface area contributed by atoms with Gasteiger partial charge in [-0.05, 0) is 55.0 Å². The lowest BCUT2D eigenvalue weighted by Gasteiger charge is -2.34. The molecule has 0 aliphatic carbocycles. The Morgan fingerprint density at radius 3 is 2.56 bits per heavy atom. The van der Waals surface area contributed by atoms with Crippen molar-refractivity contribution in [2.24, 2.45) is 5.92 Å². The number of rotatable bonds is 7. The van der Waals surface area contributed by atoms with Gasteiger partial charge in [0.15, 0.2) is 0 Å². The molecule has 0 spiro atoms. The quantitative estimate of drug-likeness (QED) is 0.315. The van der Waals surface area contributed by atoms with E-state index in [1.165, 1.54) is 5.56 Å². The number of nitrogens with one attached hydrogen (secondary N) is 2. The first-order valence-corrected chi connectivity index (χ1v) is 13.0. The third-order valence-electron chi connectivity index (χ3n) is 6.91. The van der Waals surface area contributed by atoms with Crippen LogP contribution >= 0.6 is 11.6 Å². The van der Waals surface area contributed by atoms with Crippen molar-refractivity contribution >= 4 is 34.1 Å². The number of aromatic nitrogens is 1. The molecule has 1 aliphatic heterocycles. The van der Waals surface area contributed by atoms with Gasteiger partial charge in [-0.15, -0.1) is 0 Å². The van der Waals surface area contributed by atoms with E-state index in [1.54, 1.807) is 6.07 Å². The highest BCUT2D eigenvalue weighted by molar-refractivity contribution is 6.31. The van der Waals surface area contributed by atoms with E-state index in [-0.39, 0.29) is 17.4 Å². The first-order chi connectivity index (χ1) is 17.6. The molecule has 2 heterocycles. The highest BCUT2D eigenvalue weighted by Gasteiger charge is 2.29. The predicted octanol–water partition coefficient (Wildman–Crippen LogP) is 5.81. The molecule has 1 fully saturated rings. The molecule has 36 heavy (non-hydrogen) atoms. The monoisotopic (exact) mass is 499 g/mol. The topological polar surface area (TPSA) is 65.2 Å². The molecule has 5 rings (SSSR count). The van der Waals surface area contributed by atoms with Gasteiger partial charge in [-0.1, -0.05) is 72.3 Å². The number of hydrogen-bond donors (Lipinski definition) is 2. The van der Waals surface area contributed by atoms with Gasteiger partial charge in [-0.2, -0.15) is 0 Å². The number of carbonyl (C=O) groups excluding carboxylic acids is 1. The van der Waals surface area contributed by atoms with Crippen LogP contribution in [-0.2, 0) is 11.2 Å². The molecule has 6 heteroatoms. The number of aryl methyl sites for hydroxylation is 1. The normalized spacial score (nSPS) is 15.7. The minimum atomic E-state index is -0.159. The molecule has 1 aromatic heterocycles. The lowest BCUT2D eigenvalue weighted by molar-refractivity contribution is -0.125. The van der Waals surface area contributed by atoms with Crippen molar-refractivity contribution in [3.8, 4) is 11.1 Å². The summed E-state index contributed by atoms with van der Waals surface area (Å²) in [5, 5.41) is 4.64. The van der Waals surface area contributed by atoms with Gasteiger partial charge in [-0.3, -0.25) is 9.59 Å². The second-order valence-electron chi connectivity index (χ2n) is 9.40. The largest absolute Gasteiger partial charge is 0.366 e. The van der Waals surface area contributed by atoms with E-state index in [9.17, 15) is 9.59 Å². The zero-order valence-electron chi connectivity index (χ0n) is 20.2. The van der Waals surface area contributed by atoms with Crippen molar-refractivity contribution in [1.29, 1.82) is 0 Å². The van der Waals surface area contributed by atoms with Crippen LogP contribution < -0.4 is 15.8 Å². The standard InChI is InChI=1S/C30H30ClN3O2/c31-24-15-16-26-25(19-24)27(22-12-5-2-6-13-22)28(30(36)33-26)34-18-8-14-23(20-34)29(35)32-17-7-11-21-9-3-1-4-10-21/h1-6,9-10,12-13,15-16,19,23H,7-8,11,14,17-18,20H2,(H,32,35)(H,33,36)/t23-/m1/s1. The van der Waals surface area contributed by atoms with Crippen molar-refractivity contribution in [3.63, 3.8) is 0 Å². The van der Waals surface area contributed by atoms with Crippen LogP contribution in [0.25, 0.3) is 22.0 Å². The summed E-state index contributed by atoms with van der Waals surface area (Å²) >= 11 is 6.36. The summed E-state index contributed by atoms with van der Waals surface area (Å²) in [7, 11) is 0. The van der Waals surface area contributed by atoms with Crippen LogP contribution in [0.15, 0.2) is 83.7 Å². The summed E-state index contributed by atoms with van der Waals surface area (Å²) in [5.74, 6) is -0.0946. The number of pyridine rings is 1. The summed E-state index contributed by atoms with van der Waals surface area (Å²) in [6, 6.07) is 25.8. The highest BCUT2D eigenvalue weighted by atomic mass is 35.5. The number of halogens is 1. The second-order valence-corrected chi connectivity index (χ2v) is 9.84. The van der Waals surface area contributed by atoms with Gasteiger partial charge >= 0.3 is 0 Å². The van der Waals surface area contributed by atoms with Crippen LogP contribution in [0.4, 0.5) is 5.69 Å². The number of fused-ring (bicyclic) bond motifs is 1. The number of piperidine rings is 1. The number of benzene rings is 3. The maximum atomic E-state index is 13.4. The van der Waals surface area contributed by atoms with E-state index in [0.717, 1.165) is 54.3 Å². The zero-order chi connectivity index (χ0) is 24.9. The Balaban J connectivity index is 1.37. The van der Waals surface area contributed by atoms with Crippen LogP contribution in [0.5, 0.6) is 0 Å². The van der Waals surface area contributed by atoms with E-state index >= 15 is 0 Å². The van der Waals surface area contributed by atoms with E-state index in [1.807, 2.05) is 60.7 Å². The lowest BCUT2D eigenvalue weighted by Crippen LogP contribution is -2.45. The van der Waals surface area contributed by atoms with Crippen LogP contribution in [-0.4, -0.2) is 30.5 Å². The van der Waals surface area contributed by atoms with Crippen LogP contribution in [0, 0.1) is 5.92 Å². The first kappa shape index (κ1) is 24.1. The lowest BCUT2D eigenvalue weighted by atomic mass is 9.94. The summed E-state index contributed by atoms with van der Waals surface area (Å²) < 4.78 is 0. The van der Waals surface area contributed by atoms with Crippen molar-refractivity contribution in [2.75, 3.05) is 24.5 Å². The first-order valence-electron chi connectivity index (χ1n) is 12.6. The number of nitrogens with zero attached hydrogens (tertiary/aromatic N) is 1. The van der Waals surface area contributed by atoms with Crippen molar-refractivity contribution in [2.45, 2.75) is 25.7 Å². The fourth-order valence-electron chi connectivity index (χ4n) is 5.14. The van der Waals surface area contributed by atoms with E-state index in [0.29, 0.717) is 23.8 Å². The van der Waals surface area contributed by atoms with Gasteiger partial charge in [0.25, 0.3) is 5.56 Å². The Labute approximate surface area is 216 Å². The van der Waals surface area contributed by atoms with Gasteiger partial charge in [0, 0.05) is 41.1 Å². The van der Waals surface area contributed by atoms with Gasteiger partial charge in [0.2, 0.25) is 5.91 Å². The zero-order valence-corrected chi connectivity index (χ0v) is 20.9. The summed E-state index contributed by atoms with van der Waals surface area (Å²) in [6.07, 6.45) is 3.51.